The molecule has 2 aliphatic rings. The zero-order valence-corrected chi connectivity index (χ0v) is 17.3. The minimum absolute atomic E-state index is 0.259. The van der Waals surface area contributed by atoms with Gasteiger partial charge in [0.25, 0.3) is 10.0 Å². The van der Waals surface area contributed by atoms with Crippen LogP contribution in [0.15, 0.2) is 64.6 Å². The minimum atomic E-state index is -3.66. The van der Waals surface area contributed by atoms with E-state index in [1.54, 1.807) is 0 Å². The van der Waals surface area contributed by atoms with Gasteiger partial charge in [0.1, 0.15) is 10.7 Å². The lowest BCUT2D eigenvalue weighted by Crippen LogP contribution is -2.53. The quantitative estimate of drug-likeness (QED) is 0.778. The van der Waals surface area contributed by atoms with Gasteiger partial charge in [0, 0.05) is 36.9 Å². The van der Waals surface area contributed by atoms with Crippen LogP contribution in [0.5, 0.6) is 0 Å². The van der Waals surface area contributed by atoms with E-state index in [9.17, 15) is 8.42 Å². The highest BCUT2D eigenvalue weighted by Crippen LogP contribution is 2.34. The Morgan fingerprint density at radius 1 is 1.00 bits per heavy atom. The van der Waals surface area contributed by atoms with E-state index >= 15 is 0 Å². The van der Waals surface area contributed by atoms with Gasteiger partial charge >= 0.3 is 0 Å². The minimum Gasteiger partial charge on any atom is -0.365 e. The highest BCUT2D eigenvalue weighted by atomic mass is 32.2. The maximum Gasteiger partial charge on any atom is 0.285 e. The average molecular weight is 396 g/mol. The number of sulfonamides is 1. The molecule has 0 radical (unpaired) electrons. The van der Waals surface area contributed by atoms with Gasteiger partial charge in [-0.25, -0.2) is 0 Å². The molecule has 28 heavy (non-hydrogen) atoms. The standard InChI is InChI=1S/C22H25N3O2S/c1-16-8-7-11-20(14-16)25-13-12-24(15-17(25)2)22-18(3)21(28(26,27)23-22)19-9-5-4-6-10-19/h4-11,14,17H,12-13,15H2,1-3H3/t17-/m0/s1. The molecule has 0 saturated carbocycles. The molecule has 0 N–H and O–H groups in total. The second-order valence-electron chi connectivity index (χ2n) is 7.54. The summed E-state index contributed by atoms with van der Waals surface area (Å²) in [6.45, 7) is 8.45. The molecule has 146 valence electrons. The second-order valence-corrected chi connectivity index (χ2v) is 9.08. The largest absolute Gasteiger partial charge is 0.365 e. The average Bonchev–Trinajstić information content (AvgIpc) is 2.91. The summed E-state index contributed by atoms with van der Waals surface area (Å²) in [5.74, 6) is 0.592. The van der Waals surface area contributed by atoms with Crippen LogP contribution in [0.25, 0.3) is 4.91 Å². The van der Waals surface area contributed by atoms with Gasteiger partial charge in [0.05, 0.1) is 0 Å². The molecule has 0 spiro atoms. The molecule has 5 nitrogen and oxygen atoms in total. The number of nitrogens with zero attached hydrogens (tertiary/aromatic N) is 3. The Bertz CT molecular complexity index is 1060. The number of piperazine rings is 1. The van der Waals surface area contributed by atoms with E-state index in [0.717, 1.165) is 25.2 Å². The fourth-order valence-electron chi connectivity index (χ4n) is 4.11. The van der Waals surface area contributed by atoms with Crippen molar-refractivity contribution in [2.24, 2.45) is 4.40 Å². The van der Waals surface area contributed by atoms with Crippen LogP contribution in [-0.4, -0.2) is 44.8 Å². The van der Waals surface area contributed by atoms with Crippen LogP contribution >= 0.6 is 0 Å². The van der Waals surface area contributed by atoms with Crippen LogP contribution in [0.3, 0.4) is 0 Å². The first-order chi connectivity index (χ1) is 13.4. The monoisotopic (exact) mass is 395 g/mol. The Balaban J connectivity index is 1.60. The predicted molar refractivity (Wildman–Crippen MR) is 115 cm³/mol. The lowest BCUT2D eigenvalue weighted by molar-refractivity contribution is 0.339. The summed E-state index contributed by atoms with van der Waals surface area (Å²) in [6.07, 6.45) is 0. The van der Waals surface area contributed by atoms with E-state index in [0.29, 0.717) is 16.3 Å². The van der Waals surface area contributed by atoms with E-state index in [1.807, 2.05) is 37.3 Å². The fraction of sp³-hybridized carbons (Fsp3) is 0.318. The van der Waals surface area contributed by atoms with Crippen molar-refractivity contribution < 1.29 is 8.42 Å². The molecule has 2 heterocycles. The number of anilines is 1. The molecule has 1 saturated heterocycles. The number of amidine groups is 1. The molecule has 0 unspecified atom stereocenters. The van der Waals surface area contributed by atoms with Crippen LogP contribution in [0.4, 0.5) is 5.69 Å². The van der Waals surface area contributed by atoms with Crippen molar-refractivity contribution in [3.8, 4) is 0 Å². The molecule has 0 aliphatic carbocycles. The summed E-state index contributed by atoms with van der Waals surface area (Å²) in [6, 6.07) is 18.0. The Labute approximate surface area is 167 Å². The predicted octanol–water partition coefficient (Wildman–Crippen LogP) is 3.68. The van der Waals surface area contributed by atoms with Crippen molar-refractivity contribution in [3.63, 3.8) is 0 Å². The summed E-state index contributed by atoms with van der Waals surface area (Å²) in [5.41, 5.74) is 3.89. The second kappa shape index (κ2) is 7.09. The molecule has 6 heteroatoms. The third-order valence-electron chi connectivity index (χ3n) is 5.44. The van der Waals surface area contributed by atoms with Crippen molar-refractivity contribution in [3.05, 3.63) is 71.3 Å². The molecular weight excluding hydrogens is 370 g/mol. The van der Waals surface area contributed by atoms with Crippen LogP contribution in [0.2, 0.25) is 0 Å². The van der Waals surface area contributed by atoms with Crippen LogP contribution < -0.4 is 4.90 Å². The first-order valence-corrected chi connectivity index (χ1v) is 11.0. The summed E-state index contributed by atoms with van der Waals surface area (Å²) in [7, 11) is -3.66. The Morgan fingerprint density at radius 2 is 1.75 bits per heavy atom. The molecule has 1 atom stereocenters. The van der Waals surface area contributed by atoms with Gasteiger partial charge in [-0.3, -0.25) is 0 Å². The molecule has 0 aromatic heterocycles. The van der Waals surface area contributed by atoms with Crippen molar-refractivity contribution in [1.82, 2.24) is 4.90 Å². The van der Waals surface area contributed by atoms with Gasteiger partial charge in [-0.15, -0.1) is 4.40 Å². The summed E-state index contributed by atoms with van der Waals surface area (Å²) >= 11 is 0. The zero-order chi connectivity index (χ0) is 19.9. The number of hydrogen-bond acceptors (Lipinski definition) is 4. The Kier molecular flexibility index (Phi) is 4.75. The molecule has 2 aliphatic heterocycles. The topological polar surface area (TPSA) is 53.0 Å². The molecule has 2 aromatic rings. The molecule has 0 amide bonds. The smallest absolute Gasteiger partial charge is 0.285 e. The van der Waals surface area contributed by atoms with Crippen LogP contribution in [0, 0.1) is 6.92 Å². The lowest BCUT2D eigenvalue weighted by atomic mass is 10.1. The highest BCUT2D eigenvalue weighted by Gasteiger charge is 2.35. The number of hydrogen-bond donors (Lipinski definition) is 0. The van der Waals surface area contributed by atoms with Crippen molar-refractivity contribution >= 4 is 26.5 Å². The maximum atomic E-state index is 12.7. The van der Waals surface area contributed by atoms with Gasteiger partial charge in [-0.05, 0) is 44.0 Å². The van der Waals surface area contributed by atoms with E-state index < -0.39 is 10.0 Å². The third-order valence-corrected chi connectivity index (χ3v) is 6.91. The van der Waals surface area contributed by atoms with E-state index in [4.69, 9.17) is 0 Å². The number of benzene rings is 2. The molecule has 2 aromatic carbocycles. The number of rotatable bonds is 2. The lowest BCUT2D eigenvalue weighted by Gasteiger charge is -2.42. The van der Waals surface area contributed by atoms with E-state index in [1.165, 1.54) is 11.3 Å². The van der Waals surface area contributed by atoms with Gasteiger partial charge in [-0.1, -0.05) is 42.5 Å². The van der Waals surface area contributed by atoms with Crippen LogP contribution in [0.1, 0.15) is 25.0 Å². The van der Waals surface area contributed by atoms with Gasteiger partial charge in [-0.2, -0.15) is 8.42 Å². The van der Waals surface area contributed by atoms with Crippen molar-refractivity contribution in [1.29, 1.82) is 0 Å². The molecule has 1 fully saturated rings. The van der Waals surface area contributed by atoms with Gasteiger partial charge in [0.2, 0.25) is 0 Å². The SMILES string of the molecule is CC1=C(c2ccccc2)S(=O)(=O)N=C1N1CCN(c2cccc(C)c2)[C@@H](C)C1. The maximum absolute atomic E-state index is 12.7. The van der Waals surface area contributed by atoms with Crippen molar-refractivity contribution in [2.75, 3.05) is 24.5 Å². The molecule has 0 bridgehead atoms. The molecular formula is C22H25N3O2S. The Morgan fingerprint density at radius 3 is 2.43 bits per heavy atom. The fourth-order valence-corrected chi connectivity index (χ4v) is 5.60. The summed E-state index contributed by atoms with van der Waals surface area (Å²) < 4.78 is 29.6. The van der Waals surface area contributed by atoms with Crippen molar-refractivity contribution in [2.45, 2.75) is 26.8 Å². The first kappa shape index (κ1) is 18.7. The zero-order valence-electron chi connectivity index (χ0n) is 16.5. The Hall–Kier alpha value is -2.60. The number of aryl methyl sites for hydroxylation is 1. The normalized spacial score (nSPS) is 21.8. The van der Waals surface area contributed by atoms with E-state index in [-0.39, 0.29) is 6.04 Å². The third kappa shape index (κ3) is 3.33. The summed E-state index contributed by atoms with van der Waals surface area (Å²) in [4.78, 5) is 4.82. The van der Waals surface area contributed by atoms with Gasteiger partial charge in [0.15, 0.2) is 0 Å². The van der Waals surface area contributed by atoms with Crippen LogP contribution in [-0.2, 0) is 10.0 Å². The van der Waals surface area contributed by atoms with E-state index in [2.05, 4.69) is 52.3 Å². The first-order valence-electron chi connectivity index (χ1n) is 9.57. The highest BCUT2D eigenvalue weighted by molar-refractivity contribution is 8.00. The molecule has 4 rings (SSSR count). The van der Waals surface area contributed by atoms with Gasteiger partial charge < -0.3 is 9.80 Å². The summed E-state index contributed by atoms with van der Waals surface area (Å²) in [5, 5.41) is 0.